The predicted molar refractivity (Wildman–Crippen MR) is 144 cm³/mol. The van der Waals surface area contributed by atoms with Crippen LogP contribution in [-0.2, 0) is 6.42 Å². The molecule has 1 amide bonds. The van der Waals surface area contributed by atoms with Crippen molar-refractivity contribution in [2.45, 2.75) is 38.3 Å². The van der Waals surface area contributed by atoms with Crippen molar-refractivity contribution in [1.29, 1.82) is 0 Å². The zero-order valence-electron chi connectivity index (χ0n) is 20.7. The number of amides is 1. The number of aliphatic hydroxyl groups excluding tert-OH is 1. The number of thiophene rings is 1. The van der Waals surface area contributed by atoms with E-state index in [1.54, 1.807) is 24.3 Å². The first-order valence-corrected chi connectivity index (χ1v) is 13.4. The quantitative estimate of drug-likeness (QED) is 0.292. The summed E-state index contributed by atoms with van der Waals surface area (Å²) in [6.45, 7) is 4.97. The van der Waals surface area contributed by atoms with Gasteiger partial charge in [0.25, 0.3) is 5.91 Å². The Morgan fingerprint density at radius 1 is 1.11 bits per heavy atom. The molecule has 1 saturated heterocycles. The fraction of sp³-hybridized carbons (Fsp3) is 0.393. The Balaban J connectivity index is 1.11. The van der Waals surface area contributed by atoms with Crippen LogP contribution in [0, 0.1) is 6.92 Å². The summed E-state index contributed by atoms with van der Waals surface area (Å²) in [4.78, 5) is 15.6. The van der Waals surface area contributed by atoms with E-state index in [1.165, 1.54) is 16.9 Å². The number of rotatable bonds is 11. The topological polar surface area (TPSA) is 94.1 Å². The van der Waals surface area contributed by atoms with Crippen LogP contribution in [-0.4, -0.2) is 66.0 Å². The molecule has 0 spiro atoms. The molecule has 1 aliphatic rings. The number of carbonyl (C=O) groups excluding carboxylic acids is 1. The van der Waals surface area contributed by atoms with E-state index in [0.717, 1.165) is 55.0 Å². The third-order valence-electron chi connectivity index (χ3n) is 6.41. The van der Waals surface area contributed by atoms with Gasteiger partial charge < -0.3 is 30.5 Å². The SMILES string of the molecule is Cc1ccsc1C(=O)N1CCC(Nc2ccc(CCNC[C@H](O)COc3ccc(O)cc3)cc2)CC1. The number of phenolic OH excluding ortho intramolecular Hbond substituents is 1. The number of nitrogens with zero attached hydrogens (tertiary/aromatic N) is 1. The number of hydrogen-bond acceptors (Lipinski definition) is 7. The Hall–Kier alpha value is -3.07. The van der Waals surface area contributed by atoms with E-state index in [0.29, 0.717) is 18.3 Å². The lowest BCUT2D eigenvalue weighted by Crippen LogP contribution is -2.42. The van der Waals surface area contributed by atoms with E-state index in [4.69, 9.17) is 4.74 Å². The molecule has 1 fully saturated rings. The number of piperidine rings is 1. The standard InChI is InChI=1S/C28H35N3O4S/c1-20-13-17-36-27(20)28(34)31-15-11-23(12-16-31)30-22-4-2-21(3-5-22)10-14-29-18-25(33)19-35-26-8-6-24(32)7-9-26/h2-9,13,17,23,25,29-30,32-33H,10-12,14-16,18-19H2,1H3/t25-/m0/s1. The van der Waals surface area contributed by atoms with Gasteiger partial charge in [-0.15, -0.1) is 11.3 Å². The molecule has 0 aliphatic carbocycles. The molecule has 0 unspecified atom stereocenters. The molecule has 0 radical (unpaired) electrons. The van der Waals surface area contributed by atoms with Gasteiger partial charge in [0.1, 0.15) is 24.2 Å². The van der Waals surface area contributed by atoms with Crippen molar-refractivity contribution in [2.24, 2.45) is 0 Å². The highest BCUT2D eigenvalue weighted by molar-refractivity contribution is 7.12. The number of aromatic hydroxyl groups is 1. The highest BCUT2D eigenvalue weighted by Gasteiger charge is 2.25. The third-order valence-corrected chi connectivity index (χ3v) is 7.42. The van der Waals surface area contributed by atoms with E-state index in [-0.39, 0.29) is 18.3 Å². The van der Waals surface area contributed by atoms with Crippen molar-refractivity contribution < 1.29 is 19.7 Å². The maximum Gasteiger partial charge on any atom is 0.264 e. The lowest BCUT2D eigenvalue weighted by molar-refractivity contribution is 0.0722. The molecule has 2 aromatic carbocycles. The highest BCUT2D eigenvalue weighted by Crippen LogP contribution is 2.22. The Labute approximate surface area is 216 Å². The van der Waals surface area contributed by atoms with Gasteiger partial charge in [-0.3, -0.25) is 4.79 Å². The lowest BCUT2D eigenvalue weighted by Gasteiger charge is -2.33. The second kappa shape index (κ2) is 12.8. The van der Waals surface area contributed by atoms with Crippen molar-refractivity contribution in [3.8, 4) is 11.5 Å². The molecule has 8 heteroatoms. The second-order valence-electron chi connectivity index (χ2n) is 9.25. The summed E-state index contributed by atoms with van der Waals surface area (Å²) in [7, 11) is 0. The number of likely N-dealkylation sites (tertiary alicyclic amines) is 1. The molecule has 0 saturated carbocycles. The van der Waals surface area contributed by atoms with E-state index in [1.807, 2.05) is 23.3 Å². The zero-order valence-corrected chi connectivity index (χ0v) is 21.5. The summed E-state index contributed by atoms with van der Waals surface area (Å²) >= 11 is 1.53. The number of anilines is 1. The van der Waals surface area contributed by atoms with Crippen LogP contribution in [0.1, 0.15) is 33.6 Å². The molecule has 4 N–H and O–H groups in total. The number of carbonyl (C=O) groups is 1. The van der Waals surface area contributed by atoms with Gasteiger partial charge >= 0.3 is 0 Å². The van der Waals surface area contributed by atoms with Crippen LogP contribution in [0.2, 0.25) is 0 Å². The molecular weight excluding hydrogens is 474 g/mol. The first-order valence-electron chi connectivity index (χ1n) is 12.5. The van der Waals surface area contributed by atoms with Crippen LogP contribution >= 0.6 is 11.3 Å². The molecule has 1 atom stereocenters. The van der Waals surface area contributed by atoms with Gasteiger partial charge in [-0.1, -0.05) is 12.1 Å². The zero-order chi connectivity index (χ0) is 25.3. The minimum Gasteiger partial charge on any atom is -0.508 e. The second-order valence-corrected chi connectivity index (χ2v) is 10.2. The van der Waals surface area contributed by atoms with Crippen LogP contribution in [0.3, 0.4) is 0 Å². The minimum absolute atomic E-state index is 0.163. The number of aliphatic hydroxyl groups is 1. The number of benzene rings is 2. The van der Waals surface area contributed by atoms with Gasteiger partial charge in [0.2, 0.25) is 0 Å². The van der Waals surface area contributed by atoms with Crippen LogP contribution in [0.4, 0.5) is 5.69 Å². The lowest BCUT2D eigenvalue weighted by atomic mass is 10.0. The van der Waals surface area contributed by atoms with Gasteiger partial charge in [0.05, 0.1) is 4.88 Å². The first-order chi connectivity index (χ1) is 17.5. The summed E-state index contributed by atoms with van der Waals surface area (Å²) in [5, 5.41) is 28.3. The van der Waals surface area contributed by atoms with Gasteiger partial charge in [-0.25, -0.2) is 0 Å². The van der Waals surface area contributed by atoms with E-state index >= 15 is 0 Å². The average molecular weight is 510 g/mol. The molecule has 1 aromatic heterocycles. The highest BCUT2D eigenvalue weighted by atomic mass is 32.1. The third kappa shape index (κ3) is 7.46. The molecule has 3 aromatic rings. The molecule has 36 heavy (non-hydrogen) atoms. The largest absolute Gasteiger partial charge is 0.508 e. The normalized spacial score (nSPS) is 15.0. The number of aryl methyl sites for hydroxylation is 1. The van der Waals surface area contributed by atoms with Gasteiger partial charge in [-0.2, -0.15) is 0 Å². The summed E-state index contributed by atoms with van der Waals surface area (Å²) in [5.41, 5.74) is 3.40. The predicted octanol–water partition coefficient (Wildman–Crippen LogP) is 4.05. The fourth-order valence-electron chi connectivity index (χ4n) is 4.26. The molecule has 4 rings (SSSR count). The van der Waals surface area contributed by atoms with E-state index in [9.17, 15) is 15.0 Å². The summed E-state index contributed by atoms with van der Waals surface area (Å²) < 4.78 is 5.53. The van der Waals surface area contributed by atoms with Gasteiger partial charge in [0, 0.05) is 31.4 Å². The van der Waals surface area contributed by atoms with Crippen molar-refractivity contribution in [3.63, 3.8) is 0 Å². The van der Waals surface area contributed by atoms with Gasteiger partial charge in [0.15, 0.2) is 0 Å². The Bertz CT molecular complexity index is 1090. The van der Waals surface area contributed by atoms with E-state index in [2.05, 4.69) is 34.9 Å². The first kappa shape index (κ1) is 26.0. The average Bonchev–Trinajstić information content (AvgIpc) is 3.33. The summed E-state index contributed by atoms with van der Waals surface area (Å²) in [6.07, 6.45) is 2.15. The molecule has 7 nitrogen and oxygen atoms in total. The molecule has 1 aliphatic heterocycles. The van der Waals surface area contributed by atoms with Crippen LogP contribution in [0.15, 0.2) is 60.0 Å². The number of hydrogen-bond donors (Lipinski definition) is 4. The smallest absolute Gasteiger partial charge is 0.264 e. The number of phenols is 1. The van der Waals surface area contributed by atoms with Crippen molar-refractivity contribution in [1.82, 2.24) is 10.2 Å². The van der Waals surface area contributed by atoms with Crippen molar-refractivity contribution in [3.05, 3.63) is 76.0 Å². The molecule has 2 heterocycles. The Morgan fingerprint density at radius 3 is 2.50 bits per heavy atom. The van der Waals surface area contributed by atoms with Crippen LogP contribution in [0.25, 0.3) is 0 Å². The fourth-order valence-corrected chi connectivity index (χ4v) is 5.15. The van der Waals surface area contributed by atoms with Crippen molar-refractivity contribution in [2.75, 3.05) is 38.1 Å². The Morgan fingerprint density at radius 2 is 1.83 bits per heavy atom. The molecule has 0 bridgehead atoms. The summed E-state index contributed by atoms with van der Waals surface area (Å²) in [6, 6.07) is 17.3. The monoisotopic (exact) mass is 509 g/mol. The van der Waals surface area contributed by atoms with Gasteiger partial charge in [-0.05, 0) is 91.7 Å². The van der Waals surface area contributed by atoms with Crippen LogP contribution < -0.4 is 15.4 Å². The number of nitrogens with one attached hydrogen (secondary N) is 2. The number of ether oxygens (including phenoxy) is 1. The maximum absolute atomic E-state index is 12.7. The maximum atomic E-state index is 12.7. The summed E-state index contributed by atoms with van der Waals surface area (Å²) in [5.74, 6) is 0.969. The van der Waals surface area contributed by atoms with Crippen LogP contribution in [0.5, 0.6) is 11.5 Å². The minimum atomic E-state index is -0.610. The van der Waals surface area contributed by atoms with E-state index < -0.39 is 6.10 Å². The Kier molecular flexibility index (Phi) is 9.22. The molecular formula is C28H35N3O4S. The molecule has 192 valence electrons. The van der Waals surface area contributed by atoms with Crippen molar-refractivity contribution >= 4 is 22.9 Å².